The number of rotatable bonds is 4. The van der Waals surface area contributed by atoms with E-state index in [-0.39, 0.29) is 12.3 Å². The highest BCUT2D eigenvalue weighted by molar-refractivity contribution is 5.82. The quantitative estimate of drug-likeness (QED) is 0.837. The maximum atomic E-state index is 11.2. The number of carbonyl (C=O) groups is 1. The number of nitrogens with zero attached hydrogens (tertiary/aromatic N) is 2. The first-order valence-corrected chi connectivity index (χ1v) is 6.05. The number of carbonyl (C=O) groups excluding carboxylic acids is 1. The Bertz CT molecular complexity index is 353. The average Bonchev–Trinajstić information content (AvgIpc) is 2.78. The number of ketones is 1. The minimum absolute atomic E-state index is 0.0499. The Morgan fingerprint density at radius 1 is 1.44 bits per heavy atom. The fourth-order valence-electron chi connectivity index (χ4n) is 2.29. The summed E-state index contributed by atoms with van der Waals surface area (Å²) in [6, 6.07) is 2.47. The molecule has 1 aliphatic carbocycles. The summed E-state index contributed by atoms with van der Waals surface area (Å²) in [5, 5.41) is 4.46. The van der Waals surface area contributed by atoms with E-state index in [0.29, 0.717) is 12.5 Å². The third kappa shape index (κ3) is 2.70. The van der Waals surface area contributed by atoms with E-state index in [0.717, 1.165) is 5.69 Å². The predicted octanol–water partition coefficient (Wildman–Crippen LogP) is 1.46. The lowest BCUT2D eigenvalue weighted by Crippen LogP contribution is -2.17. The first kappa shape index (κ1) is 11.3. The van der Waals surface area contributed by atoms with Crippen LogP contribution in [0.3, 0.4) is 0 Å². The topological polar surface area (TPSA) is 60.9 Å². The van der Waals surface area contributed by atoms with Crippen molar-refractivity contribution in [3.05, 3.63) is 18.0 Å². The molecule has 88 valence electrons. The molecule has 2 N–H and O–H groups in total. The van der Waals surface area contributed by atoms with E-state index >= 15 is 0 Å². The molecule has 1 aromatic rings. The highest BCUT2D eigenvalue weighted by atomic mass is 16.1. The first-order chi connectivity index (χ1) is 7.79. The molecule has 4 heteroatoms. The van der Waals surface area contributed by atoms with Crippen LogP contribution in [-0.4, -0.2) is 22.1 Å². The van der Waals surface area contributed by atoms with Gasteiger partial charge in [0.25, 0.3) is 0 Å². The van der Waals surface area contributed by atoms with E-state index < -0.39 is 0 Å². The molecule has 0 atom stereocenters. The van der Waals surface area contributed by atoms with Gasteiger partial charge in [0.2, 0.25) is 0 Å². The monoisotopic (exact) mass is 221 g/mol. The number of aromatic nitrogens is 2. The molecule has 0 amide bonds. The molecule has 0 aromatic carbocycles. The van der Waals surface area contributed by atoms with Gasteiger partial charge in [0.05, 0.1) is 24.7 Å². The van der Waals surface area contributed by atoms with Crippen LogP contribution in [0.15, 0.2) is 12.3 Å². The Hall–Kier alpha value is -1.16. The van der Waals surface area contributed by atoms with Crippen LogP contribution in [0.2, 0.25) is 0 Å². The molecule has 0 radical (unpaired) electrons. The predicted molar refractivity (Wildman–Crippen MR) is 62.1 cm³/mol. The zero-order chi connectivity index (χ0) is 11.4. The molecule has 0 bridgehead atoms. The van der Waals surface area contributed by atoms with E-state index in [1.54, 1.807) is 0 Å². The second kappa shape index (κ2) is 5.25. The molecule has 1 fully saturated rings. The van der Waals surface area contributed by atoms with E-state index in [2.05, 4.69) is 5.10 Å². The van der Waals surface area contributed by atoms with Gasteiger partial charge >= 0.3 is 0 Å². The minimum atomic E-state index is 0.0499. The second-order valence-electron chi connectivity index (χ2n) is 4.50. The maximum absolute atomic E-state index is 11.2. The van der Waals surface area contributed by atoms with Gasteiger partial charge in [0.15, 0.2) is 5.78 Å². The number of nitrogens with two attached hydrogens (primary N) is 1. The third-order valence-electron chi connectivity index (χ3n) is 3.22. The lowest BCUT2D eigenvalue weighted by molar-refractivity contribution is -0.117. The molecular formula is C12H19N3O. The van der Waals surface area contributed by atoms with Crippen molar-refractivity contribution in [3.63, 3.8) is 0 Å². The molecule has 0 spiro atoms. The van der Waals surface area contributed by atoms with E-state index in [1.165, 1.54) is 32.1 Å². The molecule has 0 saturated heterocycles. The van der Waals surface area contributed by atoms with Gasteiger partial charge in [-0.15, -0.1) is 0 Å². The van der Waals surface area contributed by atoms with Crippen molar-refractivity contribution in [1.82, 2.24) is 9.78 Å². The van der Waals surface area contributed by atoms with Gasteiger partial charge in [-0.25, -0.2) is 0 Å². The number of Topliss-reactive ketones (excluding diaryl/α,β-unsaturated/α-hetero) is 1. The van der Waals surface area contributed by atoms with Crippen molar-refractivity contribution < 1.29 is 4.79 Å². The summed E-state index contributed by atoms with van der Waals surface area (Å²) >= 11 is 0. The molecule has 16 heavy (non-hydrogen) atoms. The maximum Gasteiger partial charge on any atom is 0.152 e. The third-order valence-corrected chi connectivity index (χ3v) is 3.22. The van der Waals surface area contributed by atoms with E-state index in [1.807, 2.05) is 16.9 Å². The molecule has 1 aromatic heterocycles. The number of hydrogen-bond donors (Lipinski definition) is 1. The van der Waals surface area contributed by atoms with Crippen LogP contribution >= 0.6 is 0 Å². The van der Waals surface area contributed by atoms with Crippen molar-refractivity contribution in [1.29, 1.82) is 0 Å². The van der Waals surface area contributed by atoms with Crippen LogP contribution < -0.4 is 5.73 Å². The summed E-state index contributed by atoms with van der Waals surface area (Å²) in [7, 11) is 0. The molecule has 1 saturated carbocycles. The Balaban J connectivity index is 1.98. The van der Waals surface area contributed by atoms with Crippen LogP contribution in [0.25, 0.3) is 0 Å². The lowest BCUT2D eigenvalue weighted by atomic mass is 9.96. The van der Waals surface area contributed by atoms with Crippen molar-refractivity contribution in [2.75, 3.05) is 6.54 Å². The Labute approximate surface area is 95.8 Å². The van der Waals surface area contributed by atoms with Crippen LogP contribution in [-0.2, 0) is 11.2 Å². The largest absolute Gasteiger partial charge is 0.324 e. The SMILES string of the molecule is NCC(=O)Cc1ccn(C2CCCCC2)n1. The minimum Gasteiger partial charge on any atom is -0.324 e. The van der Waals surface area contributed by atoms with Crippen molar-refractivity contribution >= 4 is 5.78 Å². The lowest BCUT2D eigenvalue weighted by Gasteiger charge is -2.21. The zero-order valence-corrected chi connectivity index (χ0v) is 9.56. The fourth-order valence-corrected chi connectivity index (χ4v) is 2.29. The van der Waals surface area contributed by atoms with Crippen molar-refractivity contribution in [2.45, 2.75) is 44.6 Å². The van der Waals surface area contributed by atoms with Crippen LogP contribution in [0, 0.1) is 0 Å². The summed E-state index contributed by atoms with van der Waals surface area (Å²) in [6.07, 6.45) is 8.72. The first-order valence-electron chi connectivity index (χ1n) is 6.05. The van der Waals surface area contributed by atoms with E-state index in [4.69, 9.17) is 5.73 Å². The summed E-state index contributed by atoms with van der Waals surface area (Å²) < 4.78 is 2.03. The van der Waals surface area contributed by atoms with Gasteiger partial charge in [-0.05, 0) is 18.9 Å². The highest BCUT2D eigenvalue weighted by Gasteiger charge is 2.16. The van der Waals surface area contributed by atoms with Crippen molar-refractivity contribution in [3.8, 4) is 0 Å². The molecule has 2 rings (SSSR count). The van der Waals surface area contributed by atoms with Crippen LogP contribution in [0.4, 0.5) is 0 Å². The molecule has 0 aliphatic heterocycles. The Morgan fingerprint density at radius 3 is 2.88 bits per heavy atom. The van der Waals surface area contributed by atoms with Gasteiger partial charge < -0.3 is 5.73 Å². The Morgan fingerprint density at radius 2 is 2.19 bits per heavy atom. The highest BCUT2D eigenvalue weighted by Crippen LogP contribution is 2.27. The molecule has 0 unspecified atom stereocenters. The summed E-state index contributed by atoms with van der Waals surface area (Å²) in [5.41, 5.74) is 6.13. The summed E-state index contributed by atoms with van der Waals surface area (Å²) in [4.78, 5) is 11.2. The van der Waals surface area contributed by atoms with Gasteiger partial charge in [0, 0.05) is 6.20 Å². The molecular weight excluding hydrogens is 202 g/mol. The normalized spacial score (nSPS) is 17.6. The second-order valence-corrected chi connectivity index (χ2v) is 4.50. The van der Waals surface area contributed by atoms with Crippen LogP contribution in [0.5, 0.6) is 0 Å². The molecule has 1 heterocycles. The van der Waals surface area contributed by atoms with Crippen molar-refractivity contribution in [2.24, 2.45) is 5.73 Å². The van der Waals surface area contributed by atoms with E-state index in [9.17, 15) is 4.79 Å². The van der Waals surface area contributed by atoms with Gasteiger partial charge in [-0.3, -0.25) is 9.48 Å². The summed E-state index contributed by atoms with van der Waals surface area (Å²) in [5.74, 6) is 0.0499. The van der Waals surface area contributed by atoms with Gasteiger partial charge in [0.1, 0.15) is 0 Å². The molecule has 1 aliphatic rings. The standard InChI is InChI=1S/C12H19N3O/c13-9-12(16)8-10-6-7-15(14-10)11-4-2-1-3-5-11/h6-7,11H,1-5,8-9,13H2. The summed E-state index contributed by atoms with van der Waals surface area (Å²) in [6.45, 7) is 0.107. The smallest absolute Gasteiger partial charge is 0.152 e. The average molecular weight is 221 g/mol. The number of hydrogen-bond acceptors (Lipinski definition) is 3. The molecule has 4 nitrogen and oxygen atoms in total. The van der Waals surface area contributed by atoms with Crippen LogP contribution in [0.1, 0.15) is 43.8 Å². The fraction of sp³-hybridized carbons (Fsp3) is 0.667. The zero-order valence-electron chi connectivity index (χ0n) is 9.56. The Kier molecular flexibility index (Phi) is 3.72. The van der Waals surface area contributed by atoms with Gasteiger partial charge in [-0.2, -0.15) is 5.10 Å². The van der Waals surface area contributed by atoms with Gasteiger partial charge in [-0.1, -0.05) is 19.3 Å².